The van der Waals surface area contributed by atoms with E-state index in [-0.39, 0.29) is 23.5 Å². The number of hydrogen-bond donors (Lipinski definition) is 1. The van der Waals surface area contributed by atoms with E-state index in [1.807, 2.05) is 17.9 Å². The normalized spacial score (nSPS) is 18.8. The van der Waals surface area contributed by atoms with Gasteiger partial charge in [0.2, 0.25) is 11.8 Å². The van der Waals surface area contributed by atoms with E-state index in [0.717, 1.165) is 55.4 Å². The van der Waals surface area contributed by atoms with Gasteiger partial charge in [-0.05, 0) is 37.0 Å². The molecule has 1 aliphatic heterocycles. The second kappa shape index (κ2) is 9.12. The number of carbonyl (C=O) groups is 2. The molecule has 0 radical (unpaired) electrons. The molecule has 1 saturated heterocycles. The molecule has 0 unspecified atom stereocenters. The summed E-state index contributed by atoms with van der Waals surface area (Å²) in [5.41, 5.74) is 1.87. The van der Waals surface area contributed by atoms with E-state index in [9.17, 15) is 14.0 Å². The number of nitrogens with one attached hydrogen (secondary N) is 1. The summed E-state index contributed by atoms with van der Waals surface area (Å²) >= 11 is 1.68. The third kappa shape index (κ3) is 4.64. The molecule has 160 valence electrons. The van der Waals surface area contributed by atoms with E-state index in [1.54, 1.807) is 17.4 Å². The predicted octanol–water partition coefficient (Wildman–Crippen LogP) is 2.76. The fourth-order valence-electron chi connectivity index (χ4n) is 4.07. The van der Waals surface area contributed by atoms with Gasteiger partial charge in [-0.15, -0.1) is 11.3 Å². The van der Waals surface area contributed by atoms with Gasteiger partial charge in [-0.3, -0.25) is 9.59 Å². The lowest BCUT2D eigenvalue weighted by molar-refractivity contribution is -0.131. The second-order valence-electron chi connectivity index (χ2n) is 7.88. The zero-order chi connectivity index (χ0) is 21.1. The molecule has 0 spiro atoms. The Labute approximate surface area is 180 Å². The Morgan fingerprint density at radius 3 is 2.80 bits per heavy atom. The number of halogens is 1. The maximum absolute atomic E-state index is 13.3. The van der Waals surface area contributed by atoms with Crippen molar-refractivity contribution in [2.75, 3.05) is 31.1 Å². The molecule has 1 fully saturated rings. The van der Waals surface area contributed by atoms with E-state index in [2.05, 4.69) is 10.2 Å². The Hall–Kier alpha value is -2.48. The van der Waals surface area contributed by atoms with Crippen molar-refractivity contribution in [3.63, 3.8) is 0 Å². The van der Waals surface area contributed by atoms with E-state index < -0.39 is 0 Å². The number of hydrogen-bond acceptors (Lipinski definition) is 5. The SMILES string of the molecule is CCC(=O)N1CCN(c2nc3c(s2)C[C@@H](C(=O)NCc2cccc(F)c2)CC3)CC1. The molecule has 8 heteroatoms. The number of aromatic nitrogens is 1. The molecule has 6 nitrogen and oxygen atoms in total. The van der Waals surface area contributed by atoms with Crippen LogP contribution in [0.2, 0.25) is 0 Å². The van der Waals surface area contributed by atoms with Gasteiger partial charge in [-0.1, -0.05) is 19.1 Å². The second-order valence-corrected chi connectivity index (χ2v) is 8.94. The number of anilines is 1. The predicted molar refractivity (Wildman–Crippen MR) is 115 cm³/mol. The fourth-order valence-corrected chi connectivity index (χ4v) is 5.31. The molecule has 1 N–H and O–H groups in total. The summed E-state index contributed by atoms with van der Waals surface area (Å²) in [6, 6.07) is 6.31. The summed E-state index contributed by atoms with van der Waals surface area (Å²) in [5, 5.41) is 3.95. The van der Waals surface area contributed by atoms with Gasteiger partial charge in [0.25, 0.3) is 0 Å². The molecule has 2 heterocycles. The summed E-state index contributed by atoms with van der Waals surface area (Å²) in [6.45, 7) is 5.32. The number of benzene rings is 1. The highest BCUT2D eigenvalue weighted by molar-refractivity contribution is 7.15. The Balaban J connectivity index is 1.33. The van der Waals surface area contributed by atoms with Gasteiger partial charge >= 0.3 is 0 Å². The smallest absolute Gasteiger partial charge is 0.223 e. The quantitative estimate of drug-likeness (QED) is 0.792. The highest BCUT2D eigenvalue weighted by Gasteiger charge is 2.29. The lowest BCUT2D eigenvalue weighted by Gasteiger charge is -2.34. The van der Waals surface area contributed by atoms with Crippen LogP contribution >= 0.6 is 11.3 Å². The van der Waals surface area contributed by atoms with E-state index in [4.69, 9.17) is 4.98 Å². The molecule has 2 aromatic rings. The van der Waals surface area contributed by atoms with Gasteiger partial charge in [0.05, 0.1) is 5.69 Å². The van der Waals surface area contributed by atoms with Crippen LogP contribution in [0.1, 0.15) is 35.9 Å². The van der Waals surface area contributed by atoms with Crippen molar-refractivity contribution < 1.29 is 14.0 Å². The topological polar surface area (TPSA) is 65.5 Å². The van der Waals surface area contributed by atoms with Gasteiger partial charge in [0.1, 0.15) is 5.82 Å². The zero-order valence-electron chi connectivity index (χ0n) is 17.2. The number of thiazole rings is 1. The van der Waals surface area contributed by atoms with Crippen molar-refractivity contribution in [1.82, 2.24) is 15.2 Å². The van der Waals surface area contributed by atoms with Gasteiger partial charge in [-0.25, -0.2) is 9.37 Å². The third-order valence-electron chi connectivity index (χ3n) is 5.86. The van der Waals surface area contributed by atoms with Crippen LogP contribution in [0.4, 0.5) is 9.52 Å². The van der Waals surface area contributed by atoms with Crippen molar-refractivity contribution in [2.24, 2.45) is 5.92 Å². The number of aryl methyl sites for hydroxylation is 1. The number of fused-ring (bicyclic) bond motifs is 1. The first kappa shape index (κ1) is 20.8. The average Bonchev–Trinajstić information content (AvgIpc) is 3.20. The van der Waals surface area contributed by atoms with Crippen LogP contribution in [0.15, 0.2) is 24.3 Å². The maximum Gasteiger partial charge on any atom is 0.223 e. The van der Waals surface area contributed by atoms with Crippen LogP contribution < -0.4 is 10.2 Å². The number of amides is 2. The van der Waals surface area contributed by atoms with Gasteiger partial charge in [0.15, 0.2) is 5.13 Å². The standard InChI is InChI=1S/C22H27FN4O2S/c1-2-20(28)26-8-10-27(11-9-26)22-25-18-7-6-16(13-19(18)30-22)21(29)24-14-15-4-3-5-17(23)12-15/h3-5,12,16H,2,6-11,13-14H2,1H3,(H,24,29)/t16-/m0/s1. The van der Waals surface area contributed by atoms with Crippen LogP contribution in [0, 0.1) is 11.7 Å². The van der Waals surface area contributed by atoms with Gasteiger partial charge in [-0.2, -0.15) is 0 Å². The summed E-state index contributed by atoms with van der Waals surface area (Å²) in [6.07, 6.45) is 2.84. The lowest BCUT2D eigenvalue weighted by Crippen LogP contribution is -2.48. The minimum absolute atomic E-state index is 0.0200. The van der Waals surface area contributed by atoms with Gasteiger partial charge < -0.3 is 15.1 Å². The van der Waals surface area contributed by atoms with Gasteiger partial charge in [0, 0.05) is 49.9 Å². The molecule has 2 aliphatic rings. The first-order chi connectivity index (χ1) is 14.5. The third-order valence-corrected chi connectivity index (χ3v) is 7.04. The molecule has 2 amide bonds. The van der Waals surface area contributed by atoms with E-state index >= 15 is 0 Å². The molecular weight excluding hydrogens is 403 g/mol. The average molecular weight is 431 g/mol. The maximum atomic E-state index is 13.3. The van der Waals surface area contributed by atoms with Crippen molar-refractivity contribution in [3.8, 4) is 0 Å². The Morgan fingerprint density at radius 2 is 2.07 bits per heavy atom. The minimum Gasteiger partial charge on any atom is -0.352 e. The van der Waals surface area contributed by atoms with Crippen LogP contribution in [0.5, 0.6) is 0 Å². The zero-order valence-corrected chi connectivity index (χ0v) is 18.0. The van der Waals surface area contributed by atoms with Crippen LogP contribution in [-0.4, -0.2) is 47.9 Å². The molecule has 1 atom stereocenters. The Bertz CT molecular complexity index is 924. The lowest BCUT2D eigenvalue weighted by atomic mass is 9.90. The molecule has 0 bridgehead atoms. The first-order valence-corrected chi connectivity index (χ1v) is 11.4. The molecular formula is C22H27FN4O2S. The number of carbonyl (C=O) groups excluding carboxylic acids is 2. The Kier molecular flexibility index (Phi) is 6.32. The van der Waals surface area contributed by atoms with E-state index in [1.165, 1.54) is 17.0 Å². The summed E-state index contributed by atoms with van der Waals surface area (Å²) in [4.78, 5) is 34.7. The van der Waals surface area contributed by atoms with E-state index in [0.29, 0.717) is 19.4 Å². The Morgan fingerprint density at radius 1 is 1.27 bits per heavy atom. The number of nitrogens with zero attached hydrogens (tertiary/aromatic N) is 3. The van der Waals surface area contributed by atoms with Crippen molar-refractivity contribution in [3.05, 3.63) is 46.2 Å². The molecule has 0 saturated carbocycles. The van der Waals surface area contributed by atoms with Crippen molar-refractivity contribution >= 4 is 28.3 Å². The van der Waals surface area contributed by atoms with Crippen molar-refractivity contribution in [2.45, 2.75) is 39.2 Å². The molecule has 30 heavy (non-hydrogen) atoms. The summed E-state index contributed by atoms with van der Waals surface area (Å²) in [5.74, 6) is -0.133. The monoisotopic (exact) mass is 430 g/mol. The first-order valence-electron chi connectivity index (χ1n) is 10.6. The van der Waals surface area contributed by atoms with Crippen LogP contribution in [0.25, 0.3) is 0 Å². The van der Waals surface area contributed by atoms with Crippen molar-refractivity contribution in [1.29, 1.82) is 0 Å². The minimum atomic E-state index is -0.291. The van der Waals surface area contributed by atoms with Crippen LogP contribution in [0.3, 0.4) is 0 Å². The fraction of sp³-hybridized carbons (Fsp3) is 0.500. The largest absolute Gasteiger partial charge is 0.352 e. The molecule has 1 aliphatic carbocycles. The van der Waals surface area contributed by atoms with Crippen LogP contribution in [-0.2, 0) is 29.0 Å². The molecule has 4 rings (SSSR count). The summed E-state index contributed by atoms with van der Waals surface area (Å²) in [7, 11) is 0. The summed E-state index contributed by atoms with van der Waals surface area (Å²) < 4.78 is 13.3. The molecule has 1 aromatic heterocycles. The number of rotatable bonds is 5. The highest BCUT2D eigenvalue weighted by atomic mass is 32.1. The molecule has 1 aromatic carbocycles. The number of piperazine rings is 1. The highest BCUT2D eigenvalue weighted by Crippen LogP contribution is 2.34.